The maximum absolute atomic E-state index is 14.9. The summed E-state index contributed by atoms with van der Waals surface area (Å²) in [6.45, 7) is 3.56. The molecule has 1 fully saturated rings. The monoisotopic (exact) mass is 474 g/mol. The van der Waals surface area contributed by atoms with Crippen LogP contribution in [0, 0.1) is 5.82 Å². The number of hydrogen-bond donors (Lipinski definition) is 0. The van der Waals surface area contributed by atoms with Gasteiger partial charge in [0.15, 0.2) is 0 Å². The molecule has 6 nitrogen and oxygen atoms in total. The molecule has 2 aliphatic rings. The van der Waals surface area contributed by atoms with Crippen LogP contribution in [0.2, 0.25) is 5.02 Å². The molecule has 2 aliphatic heterocycles. The van der Waals surface area contributed by atoms with E-state index in [9.17, 15) is 13.6 Å². The van der Waals surface area contributed by atoms with Crippen LogP contribution in [0.3, 0.4) is 0 Å². The van der Waals surface area contributed by atoms with Crippen LogP contribution in [-0.2, 0) is 17.7 Å². The Morgan fingerprint density at radius 3 is 2.88 bits per heavy atom. The van der Waals surface area contributed by atoms with E-state index in [0.29, 0.717) is 48.7 Å². The van der Waals surface area contributed by atoms with E-state index < -0.39 is 18.1 Å². The van der Waals surface area contributed by atoms with Gasteiger partial charge in [0.2, 0.25) is 0 Å². The summed E-state index contributed by atoms with van der Waals surface area (Å²) in [5, 5.41) is 0.610. The van der Waals surface area contributed by atoms with Gasteiger partial charge in [0, 0.05) is 36.7 Å². The van der Waals surface area contributed by atoms with Gasteiger partial charge in [0.05, 0.1) is 11.9 Å². The van der Waals surface area contributed by atoms with Gasteiger partial charge in [0.25, 0.3) is 5.56 Å². The first kappa shape index (κ1) is 22.2. The lowest BCUT2D eigenvalue weighted by atomic mass is 10.1. The summed E-state index contributed by atoms with van der Waals surface area (Å²) < 4.78 is 37.0. The summed E-state index contributed by atoms with van der Waals surface area (Å²) in [4.78, 5) is 24.4. The Kier molecular flexibility index (Phi) is 6.05. The fraction of sp³-hybridized carbons (Fsp3) is 0.458. The highest BCUT2D eigenvalue weighted by atomic mass is 35.5. The van der Waals surface area contributed by atoms with Crippen LogP contribution in [0.1, 0.15) is 32.0 Å². The van der Waals surface area contributed by atoms with E-state index >= 15 is 0 Å². The van der Waals surface area contributed by atoms with Gasteiger partial charge in [0.1, 0.15) is 40.9 Å². The maximum atomic E-state index is 14.9. The largest absolute Gasteiger partial charge is 0.373 e. The zero-order valence-corrected chi connectivity index (χ0v) is 19.1. The number of alkyl halides is 1. The van der Waals surface area contributed by atoms with Crippen molar-refractivity contribution in [3.05, 3.63) is 51.3 Å². The molecular formula is C24H25ClF2N4O2. The van der Waals surface area contributed by atoms with Crippen LogP contribution < -0.4 is 10.5 Å². The van der Waals surface area contributed by atoms with Gasteiger partial charge in [-0.15, -0.1) is 0 Å². The number of nitrogens with zero attached hydrogens (tertiary/aromatic N) is 4. The highest BCUT2D eigenvalue weighted by Crippen LogP contribution is 2.33. The molecule has 1 aromatic carbocycles. The van der Waals surface area contributed by atoms with E-state index in [0.717, 1.165) is 19.3 Å². The van der Waals surface area contributed by atoms with Crippen LogP contribution in [0.25, 0.3) is 22.2 Å². The minimum absolute atomic E-state index is 0.0948. The molecule has 0 amide bonds. The average molecular weight is 475 g/mol. The molecule has 33 heavy (non-hydrogen) atoms. The standard InChI is InChI=1S/C24H25ClF2N4O2/c1-2-3-9-33-19-13-30(12-18(19)27)21-11-16-23(28-20-5-4-8-31(20)24(16)32)22(29-21)15-7-6-14(25)10-17(15)26/h6-7,10-11,18-19H,2-5,8-9,12-13H2,1H3/t18-,19-/m1/s1. The molecule has 0 N–H and O–H groups in total. The normalized spacial score (nSPS) is 20.1. The number of pyridine rings is 1. The van der Waals surface area contributed by atoms with E-state index in [2.05, 4.69) is 16.9 Å². The molecule has 0 aliphatic carbocycles. The molecule has 2 aromatic heterocycles. The number of aromatic nitrogens is 3. The van der Waals surface area contributed by atoms with Crippen LogP contribution >= 0.6 is 11.6 Å². The number of ether oxygens (including phenoxy) is 1. The van der Waals surface area contributed by atoms with Gasteiger partial charge in [-0.3, -0.25) is 9.36 Å². The van der Waals surface area contributed by atoms with Crippen molar-refractivity contribution in [2.24, 2.45) is 0 Å². The molecule has 0 radical (unpaired) electrons. The number of hydrogen-bond acceptors (Lipinski definition) is 5. The number of unbranched alkanes of at least 4 members (excludes halogenated alkanes) is 1. The Morgan fingerprint density at radius 1 is 1.24 bits per heavy atom. The fourth-order valence-corrected chi connectivity index (χ4v) is 4.72. The SMILES string of the molecule is CCCCO[C@@H]1CN(c2cc3c(=O)n4c(nc3c(-c3ccc(Cl)cc3F)n2)CCC4)C[C@H]1F. The summed E-state index contributed by atoms with van der Waals surface area (Å²) >= 11 is 5.95. The molecule has 2 atom stereocenters. The topological polar surface area (TPSA) is 60.2 Å². The Balaban J connectivity index is 1.63. The zero-order valence-electron chi connectivity index (χ0n) is 18.4. The van der Waals surface area contributed by atoms with Crippen molar-refractivity contribution < 1.29 is 13.5 Å². The summed E-state index contributed by atoms with van der Waals surface area (Å²) in [5.41, 5.74) is 0.631. The molecule has 3 aromatic rings. The second kappa shape index (κ2) is 8.99. The highest BCUT2D eigenvalue weighted by Gasteiger charge is 2.35. The van der Waals surface area contributed by atoms with E-state index in [1.165, 1.54) is 12.1 Å². The Morgan fingerprint density at radius 2 is 2.09 bits per heavy atom. The Labute approximate surface area is 195 Å². The number of anilines is 1. The predicted octanol–water partition coefficient (Wildman–Crippen LogP) is 4.54. The molecule has 0 spiro atoms. The van der Waals surface area contributed by atoms with Crippen LogP contribution in [0.4, 0.5) is 14.6 Å². The van der Waals surface area contributed by atoms with Gasteiger partial charge in [-0.25, -0.2) is 18.7 Å². The summed E-state index contributed by atoms with van der Waals surface area (Å²) in [7, 11) is 0. The summed E-state index contributed by atoms with van der Waals surface area (Å²) in [6, 6.07) is 5.97. The van der Waals surface area contributed by atoms with Crippen molar-refractivity contribution in [2.45, 2.75) is 51.4 Å². The van der Waals surface area contributed by atoms with Gasteiger partial charge >= 0.3 is 0 Å². The Bertz CT molecular complexity index is 1270. The second-order valence-corrected chi connectivity index (χ2v) is 9.06. The second-order valence-electron chi connectivity index (χ2n) is 8.62. The lowest BCUT2D eigenvalue weighted by Gasteiger charge is -2.19. The first-order chi connectivity index (χ1) is 16.0. The third kappa shape index (κ3) is 4.10. The molecule has 1 saturated heterocycles. The van der Waals surface area contributed by atoms with Crippen molar-refractivity contribution in [3.8, 4) is 11.3 Å². The molecule has 4 heterocycles. The van der Waals surface area contributed by atoms with Crippen molar-refractivity contribution in [3.63, 3.8) is 0 Å². The number of rotatable bonds is 6. The van der Waals surface area contributed by atoms with Crippen molar-refractivity contribution in [1.29, 1.82) is 0 Å². The lowest BCUT2D eigenvalue weighted by molar-refractivity contribution is 0.0239. The van der Waals surface area contributed by atoms with E-state index in [1.54, 1.807) is 21.6 Å². The van der Waals surface area contributed by atoms with E-state index in [4.69, 9.17) is 16.3 Å². The molecule has 0 bridgehead atoms. The molecule has 9 heteroatoms. The van der Waals surface area contributed by atoms with Gasteiger partial charge in [-0.05, 0) is 37.1 Å². The average Bonchev–Trinajstić information content (AvgIpc) is 3.41. The van der Waals surface area contributed by atoms with E-state index in [-0.39, 0.29) is 28.4 Å². The van der Waals surface area contributed by atoms with Crippen LogP contribution in [-0.4, -0.2) is 46.5 Å². The number of benzene rings is 1. The zero-order chi connectivity index (χ0) is 23.1. The molecule has 0 saturated carbocycles. The predicted molar refractivity (Wildman–Crippen MR) is 124 cm³/mol. The van der Waals surface area contributed by atoms with Gasteiger partial charge < -0.3 is 9.64 Å². The number of halogens is 3. The van der Waals surface area contributed by atoms with Crippen molar-refractivity contribution >= 4 is 28.3 Å². The molecular weight excluding hydrogens is 450 g/mol. The highest BCUT2D eigenvalue weighted by molar-refractivity contribution is 6.30. The summed E-state index contributed by atoms with van der Waals surface area (Å²) in [5.74, 6) is 0.530. The quantitative estimate of drug-likeness (QED) is 0.491. The molecule has 5 rings (SSSR count). The first-order valence-electron chi connectivity index (χ1n) is 11.4. The lowest BCUT2D eigenvalue weighted by Crippen LogP contribution is -2.26. The maximum Gasteiger partial charge on any atom is 0.261 e. The first-order valence-corrected chi connectivity index (χ1v) is 11.7. The third-order valence-electron chi connectivity index (χ3n) is 6.33. The van der Waals surface area contributed by atoms with Crippen molar-refractivity contribution in [2.75, 3.05) is 24.6 Å². The number of aryl methyl sites for hydroxylation is 1. The van der Waals surface area contributed by atoms with Crippen LogP contribution in [0.5, 0.6) is 0 Å². The minimum Gasteiger partial charge on any atom is -0.373 e. The molecule has 174 valence electrons. The fourth-order valence-electron chi connectivity index (χ4n) is 4.56. The van der Waals surface area contributed by atoms with E-state index in [1.807, 2.05) is 0 Å². The number of fused-ring (bicyclic) bond motifs is 2. The Hall–Kier alpha value is -2.58. The minimum atomic E-state index is -1.17. The summed E-state index contributed by atoms with van der Waals surface area (Å²) in [6.07, 6.45) is 1.61. The van der Waals surface area contributed by atoms with Crippen LogP contribution in [0.15, 0.2) is 29.1 Å². The third-order valence-corrected chi connectivity index (χ3v) is 6.56. The van der Waals surface area contributed by atoms with Crippen molar-refractivity contribution in [1.82, 2.24) is 14.5 Å². The molecule has 0 unspecified atom stereocenters. The van der Waals surface area contributed by atoms with Gasteiger partial charge in [-0.1, -0.05) is 24.9 Å². The van der Waals surface area contributed by atoms with Gasteiger partial charge in [-0.2, -0.15) is 0 Å². The smallest absolute Gasteiger partial charge is 0.261 e.